The fourth-order valence-electron chi connectivity index (χ4n) is 2.04. The Kier molecular flexibility index (Phi) is 4.69. The maximum Gasteiger partial charge on any atom is 0.264 e. The lowest BCUT2D eigenvalue weighted by Gasteiger charge is -2.03. The van der Waals surface area contributed by atoms with Crippen LogP contribution in [0.1, 0.15) is 5.56 Å². The van der Waals surface area contributed by atoms with Gasteiger partial charge in [-0.3, -0.25) is 4.79 Å². The van der Waals surface area contributed by atoms with E-state index in [0.717, 1.165) is 17.0 Å². The Hall–Kier alpha value is -2.24. The van der Waals surface area contributed by atoms with E-state index in [4.69, 9.17) is 16.3 Å². The molecule has 1 saturated heterocycles. The number of carbonyl (C=O) groups excluding carboxylic acids is 1. The van der Waals surface area contributed by atoms with Gasteiger partial charge in [-0.2, -0.15) is 0 Å². The average molecular weight is 345 g/mol. The summed E-state index contributed by atoms with van der Waals surface area (Å²) in [6, 6.07) is 14.6. The van der Waals surface area contributed by atoms with Crippen LogP contribution < -0.4 is 10.1 Å². The molecule has 2 aromatic rings. The molecule has 0 saturated carbocycles. The molecule has 0 radical (unpaired) electrons. The van der Waals surface area contributed by atoms with E-state index in [-0.39, 0.29) is 5.91 Å². The summed E-state index contributed by atoms with van der Waals surface area (Å²) in [5, 5.41) is 3.94. The van der Waals surface area contributed by atoms with Gasteiger partial charge in [0, 0.05) is 10.6 Å². The number of aliphatic imine (C=N–C) groups is 1. The maximum absolute atomic E-state index is 12.1. The first kappa shape index (κ1) is 15.6. The van der Waals surface area contributed by atoms with E-state index in [0.29, 0.717) is 15.1 Å². The van der Waals surface area contributed by atoms with E-state index in [1.54, 1.807) is 37.5 Å². The largest absolute Gasteiger partial charge is 0.496 e. The van der Waals surface area contributed by atoms with Crippen LogP contribution >= 0.6 is 23.4 Å². The maximum atomic E-state index is 12.1. The number of para-hydroxylation sites is 1. The van der Waals surface area contributed by atoms with Gasteiger partial charge in [0.1, 0.15) is 5.75 Å². The van der Waals surface area contributed by atoms with E-state index >= 15 is 0 Å². The number of hydrogen-bond donors (Lipinski definition) is 1. The van der Waals surface area contributed by atoms with Gasteiger partial charge in [0.15, 0.2) is 5.17 Å². The molecule has 0 spiro atoms. The summed E-state index contributed by atoms with van der Waals surface area (Å²) in [5.41, 5.74) is 1.58. The second-order valence-electron chi connectivity index (χ2n) is 4.70. The van der Waals surface area contributed by atoms with Gasteiger partial charge < -0.3 is 10.1 Å². The number of benzene rings is 2. The predicted molar refractivity (Wildman–Crippen MR) is 95.3 cm³/mol. The number of ether oxygens (including phenoxy) is 1. The zero-order valence-corrected chi connectivity index (χ0v) is 13.8. The number of hydrogen-bond acceptors (Lipinski definition) is 4. The molecule has 116 valence electrons. The zero-order valence-electron chi connectivity index (χ0n) is 12.2. The lowest BCUT2D eigenvalue weighted by molar-refractivity contribution is -0.115. The van der Waals surface area contributed by atoms with Crippen LogP contribution in [0.5, 0.6) is 5.75 Å². The third kappa shape index (κ3) is 3.75. The van der Waals surface area contributed by atoms with E-state index in [2.05, 4.69) is 10.3 Å². The van der Waals surface area contributed by atoms with Gasteiger partial charge in [-0.25, -0.2) is 4.99 Å². The van der Waals surface area contributed by atoms with Gasteiger partial charge in [-0.05, 0) is 48.2 Å². The molecule has 0 aliphatic carbocycles. The van der Waals surface area contributed by atoms with Crippen molar-refractivity contribution in [3.63, 3.8) is 0 Å². The average Bonchev–Trinajstić information content (AvgIpc) is 2.90. The Morgan fingerprint density at radius 1 is 1.17 bits per heavy atom. The van der Waals surface area contributed by atoms with Crippen molar-refractivity contribution in [1.29, 1.82) is 0 Å². The first-order valence-corrected chi connectivity index (χ1v) is 8.03. The van der Waals surface area contributed by atoms with Gasteiger partial charge in [0.25, 0.3) is 5.91 Å². The van der Waals surface area contributed by atoms with E-state index < -0.39 is 0 Å². The summed E-state index contributed by atoms with van der Waals surface area (Å²) in [6.07, 6.45) is 1.79. The second kappa shape index (κ2) is 6.89. The van der Waals surface area contributed by atoms with Crippen molar-refractivity contribution >= 4 is 46.2 Å². The van der Waals surface area contributed by atoms with Crippen molar-refractivity contribution in [3.8, 4) is 5.75 Å². The van der Waals surface area contributed by atoms with Crippen molar-refractivity contribution in [1.82, 2.24) is 5.32 Å². The highest BCUT2D eigenvalue weighted by atomic mass is 35.5. The molecule has 2 aromatic carbocycles. The fourth-order valence-corrected chi connectivity index (χ4v) is 3.00. The van der Waals surface area contributed by atoms with Crippen LogP contribution in [0.15, 0.2) is 58.4 Å². The SMILES string of the molecule is COc1ccccc1/C=C1\SC(=Nc2ccc(Cl)cc2)NC1=O. The summed E-state index contributed by atoms with van der Waals surface area (Å²) in [4.78, 5) is 17.1. The minimum atomic E-state index is -0.173. The fraction of sp³-hybridized carbons (Fsp3) is 0.0588. The Morgan fingerprint density at radius 2 is 1.91 bits per heavy atom. The highest BCUT2D eigenvalue weighted by Crippen LogP contribution is 2.30. The minimum absolute atomic E-state index is 0.173. The van der Waals surface area contributed by atoms with E-state index in [1.165, 1.54) is 11.8 Å². The van der Waals surface area contributed by atoms with Gasteiger partial charge in [0.05, 0.1) is 17.7 Å². The summed E-state index contributed by atoms with van der Waals surface area (Å²) in [5.74, 6) is 0.546. The molecule has 1 fully saturated rings. The Bertz CT molecular complexity index is 800. The molecule has 3 rings (SSSR count). The van der Waals surface area contributed by atoms with Crippen molar-refractivity contribution in [2.24, 2.45) is 4.99 Å². The van der Waals surface area contributed by atoms with Crippen LogP contribution in [-0.2, 0) is 4.79 Å². The number of thioether (sulfide) groups is 1. The number of halogens is 1. The molecule has 0 atom stereocenters. The minimum Gasteiger partial charge on any atom is -0.496 e. The summed E-state index contributed by atoms with van der Waals surface area (Å²) in [6.45, 7) is 0. The third-order valence-electron chi connectivity index (χ3n) is 3.13. The number of methoxy groups -OCH3 is 1. The van der Waals surface area contributed by atoms with Gasteiger partial charge in [-0.15, -0.1) is 0 Å². The molecule has 0 bridgehead atoms. The van der Waals surface area contributed by atoms with Crippen molar-refractivity contribution < 1.29 is 9.53 Å². The lowest BCUT2D eigenvalue weighted by atomic mass is 10.2. The highest BCUT2D eigenvalue weighted by molar-refractivity contribution is 8.18. The van der Waals surface area contributed by atoms with Crippen LogP contribution in [0.2, 0.25) is 5.02 Å². The Balaban J connectivity index is 1.85. The first-order chi connectivity index (χ1) is 11.2. The second-order valence-corrected chi connectivity index (χ2v) is 6.17. The lowest BCUT2D eigenvalue weighted by Crippen LogP contribution is -2.19. The number of rotatable bonds is 3. The quantitative estimate of drug-likeness (QED) is 0.847. The topological polar surface area (TPSA) is 50.7 Å². The molecule has 1 amide bonds. The number of carbonyl (C=O) groups is 1. The molecule has 0 aromatic heterocycles. The number of nitrogens with zero attached hydrogens (tertiary/aromatic N) is 1. The predicted octanol–water partition coefficient (Wildman–Crippen LogP) is 4.24. The molecule has 6 heteroatoms. The summed E-state index contributed by atoms with van der Waals surface area (Å²) >= 11 is 7.14. The Morgan fingerprint density at radius 3 is 2.65 bits per heavy atom. The number of nitrogens with one attached hydrogen (secondary N) is 1. The van der Waals surface area contributed by atoms with Crippen LogP contribution in [0.3, 0.4) is 0 Å². The van der Waals surface area contributed by atoms with Gasteiger partial charge in [0.2, 0.25) is 0 Å². The van der Waals surface area contributed by atoms with Crippen molar-refractivity contribution in [2.75, 3.05) is 7.11 Å². The molecule has 1 N–H and O–H groups in total. The van der Waals surface area contributed by atoms with Crippen LogP contribution in [0, 0.1) is 0 Å². The van der Waals surface area contributed by atoms with Crippen LogP contribution in [-0.4, -0.2) is 18.2 Å². The molecule has 1 aliphatic rings. The molecule has 1 aliphatic heterocycles. The number of amides is 1. The monoisotopic (exact) mass is 344 g/mol. The summed E-state index contributed by atoms with van der Waals surface area (Å²) < 4.78 is 5.30. The van der Waals surface area contributed by atoms with E-state index in [1.807, 2.05) is 24.3 Å². The normalized spacial score (nSPS) is 17.6. The molecular formula is C17H13ClN2O2S. The molecule has 23 heavy (non-hydrogen) atoms. The molecule has 1 heterocycles. The first-order valence-electron chi connectivity index (χ1n) is 6.84. The Labute approximate surface area is 143 Å². The van der Waals surface area contributed by atoms with Gasteiger partial charge >= 0.3 is 0 Å². The third-order valence-corrected chi connectivity index (χ3v) is 4.30. The van der Waals surface area contributed by atoms with Crippen LogP contribution in [0.25, 0.3) is 6.08 Å². The smallest absolute Gasteiger partial charge is 0.264 e. The highest BCUT2D eigenvalue weighted by Gasteiger charge is 2.24. The van der Waals surface area contributed by atoms with Crippen LogP contribution in [0.4, 0.5) is 5.69 Å². The summed E-state index contributed by atoms with van der Waals surface area (Å²) in [7, 11) is 1.60. The van der Waals surface area contributed by atoms with Crippen molar-refractivity contribution in [2.45, 2.75) is 0 Å². The zero-order chi connectivity index (χ0) is 16.2. The van der Waals surface area contributed by atoms with Crippen molar-refractivity contribution in [3.05, 3.63) is 64.0 Å². The van der Waals surface area contributed by atoms with E-state index in [9.17, 15) is 4.79 Å². The van der Waals surface area contributed by atoms with Gasteiger partial charge in [-0.1, -0.05) is 29.8 Å². The standard InChI is InChI=1S/C17H13ClN2O2S/c1-22-14-5-3-2-4-11(14)10-15-16(21)20-17(23-15)19-13-8-6-12(18)7-9-13/h2-10H,1H3,(H,19,20,21)/b15-10-. The molecule has 4 nitrogen and oxygen atoms in total. The molecular weight excluding hydrogens is 332 g/mol. The number of amidine groups is 1. The molecule has 0 unspecified atom stereocenters.